The van der Waals surface area contributed by atoms with E-state index in [9.17, 15) is 18.7 Å². The van der Waals surface area contributed by atoms with E-state index in [-0.39, 0.29) is 12.2 Å². The minimum atomic E-state index is -3.76. The lowest BCUT2D eigenvalue weighted by atomic mass is 9.78. The van der Waals surface area contributed by atoms with E-state index in [4.69, 9.17) is 0 Å². The number of rotatable bonds is 7. The van der Waals surface area contributed by atoms with Gasteiger partial charge in [0.1, 0.15) is 0 Å². The maximum atomic E-state index is 14.9. The second kappa shape index (κ2) is 8.02. The number of aliphatic hydroxyl groups is 1. The summed E-state index contributed by atoms with van der Waals surface area (Å²) >= 11 is 0. The van der Waals surface area contributed by atoms with Crippen molar-refractivity contribution in [1.82, 2.24) is 0 Å². The molecular weight excluding hydrogens is 314 g/mol. The highest BCUT2D eigenvalue weighted by molar-refractivity contribution is 5.79. The Morgan fingerprint density at radius 3 is 2.00 bits per heavy atom. The van der Waals surface area contributed by atoms with Crippen molar-refractivity contribution in [3.05, 3.63) is 71.8 Å². The molecule has 0 aliphatic rings. The Bertz CT molecular complexity index is 644. The zero-order valence-electron chi connectivity index (χ0n) is 13.4. The third-order valence-corrected chi connectivity index (χ3v) is 3.92. The number of ether oxygens (including phenoxy) is 1. The van der Waals surface area contributed by atoms with E-state index >= 15 is 0 Å². The van der Waals surface area contributed by atoms with Crippen LogP contribution in [0.3, 0.4) is 0 Å². The molecule has 3 nitrogen and oxygen atoms in total. The highest BCUT2D eigenvalue weighted by Crippen LogP contribution is 2.44. The number of carbonyl (C=O) groups excluding carboxylic acids is 1. The molecule has 5 heteroatoms. The van der Waals surface area contributed by atoms with Crippen LogP contribution >= 0.6 is 0 Å². The van der Waals surface area contributed by atoms with Crippen LogP contribution in [0.15, 0.2) is 60.7 Å². The van der Waals surface area contributed by atoms with Gasteiger partial charge in [-0.05, 0) is 18.1 Å². The predicted octanol–water partition coefficient (Wildman–Crippen LogP) is 3.74. The first-order valence-electron chi connectivity index (χ1n) is 7.78. The topological polar surface area (TPSA) is 46.5 Å². The zero-order chi connectivity index (χ0) is 17.6. The Hall–Kier alpha value is -2.27. The molecule has 2 aromatic carbocycles. The first-order chi connectivity index (χ1) is 11.5. The average molecular weight is 334 g/mol. The Morgan fingerprint density at radius 1 is 1.04 bits per heavy atom. The van der Waals surface area contributed by atoms with Gasteiger partial charge in [-0.3, -0.25) is 0 Å². The summed E-state index contributed by atoms with van der Waals surface area (Å²) < 4.78 is 34.4. The number of esters is 1. The van der Waals surface area contributed by atoms with E-state index < -0.39 is 30.3 Å². The maximum absolute atomic E-state index is 14.9. The molecule has 1 N–H and O–H groups in total. The summed E-state index contributed by atoms with van der Waals surface area (Å²) in [6.45, 7) is 0.829. The molecule has 0 amide bonds. The second-order valence-corrected chi connectivity index (χ2v) is 5.43. The predicted molar refractivity (Wildman–Crippen MR) is 87.0 cm³/mol. The summed E-state index contributed by atoms with van der Waals surface area (Å²) in [6, 6.07) is 16.5. The van der Waals surface area contributed by atoms with Crippen LogP contribution < -0.4 is 0 Å². The van der Waals surface area contributed by atoms with E-state index in [1.54, 1.807) is 48.5 Å². The Kier molecular flexibility index (Phi) is 6.04. The minimum Gasteiger partial charge on any atom is -0.462 e. The van der Waals surface area contributed by atoms with Crippen molar-refractivity contribution in [1.29, 1.82) is 0 Å². The van der Waals surface area contributed by atoms with Gasteiger partial charge in [-0.1, -0.05) is 60.7 Å². The van der Waals surface area contributed by atoms with Crippen molar-refractivity contribution in [2.75, 3.05) is 13.2 Å². The highest BCUT2D eigenvalue weighted by atomic mass is 19.3. The standard InChI is InChI=1S/C19H20F2O3/c1-2-24-18(23)19(20,21)17(15-11-7-4-8-12-15)16(13-22)14-9-5-3-6-10-14/h3-12,16-17,22H,2,13H2,1H3/t16-,17?/m0/s1. The van der Waals surface area contributed by atoms with Crippen molar-refractivity contribution < 1.29 is 23.4 Å². The Labute approximate surface area is 139 Å². The van der Waals surface area contributed by atoms with Crippen LogP contribution in [0.25, 0.3) is 0 Å². The van der Waals surface area contributed by atoms with Gasteiger partial charge in [-0.15, -0.1) is 0 Å². The fraction of sp³-hybridized carbons (Fsp3) is 0.316. The second-order valence-electron chi connectivity index (χ2n) is 5.43. The molecule has 2 atom stereocenters. The fourth-order valence-electron chi connectivity index (χ4n) is 2.81. The van der Waals surface area contributed by atoms with Crippen LogP contribution in [0, 0.1) is 0 Å². The number of aliphatic hydroxyl groups excluding tert-OH is 1. The fourth-order valence-corrected chi connectivity index (χ4v) is 2.81. The van der Waals surface area contributed by atoms with Gasteiger partial charge in [-0.25, -0.2) is 4.79 Å². The lowest BCUT2D eigenvalue weighted by Gasteiger charge is -2.32. The number of halogens is 2. The first-order valence-corrected chi connectivity index (χ1v) is 7.78. The Balaban J connectivity index is 2.52. The van der Waals surface area contributed by atoms with Gasteiger partial charge < -0.3 is 9.84 Å². The summed E-state index contributed by atoms with van der Waals surface area (Å²) in [5, 5.41) is 9.80. The molecule has 0 bridgehead atoms. The summed E-state index contributed by atoms with van der Waals surface area (Å²) in [6.07, 6.45) is 0. The largest absolute Gasteiger partial charge is 0.462 e. The first kappa shape index (κ1) is 18.1. The third-order valence-electron chi connectivity index (χ3n) is 3.92. The van der Waals surface area contributed by atoms with Crippen molar-refractivity contribution >= 4 is 5.97 Å². The van der Waals surface area contributed by atoms with E-state index in [2.05, 4.69) is 4.74 Å². The minimum absolute atomic E-state index is 0.134. The third kappa shape index (κ3) is 3.79. The lowest BCUT2D eigenvalue weighted by Crippen LogP contribution is -2.41. The van der Waals surface area contributed by atoms with Gasteiger partial charge in [0.25, 0.3) is 0 Å². The lowest BCUT2D eigenvalue weighted by molar-refractivity contribution is -0.176. The number of benzene rings is 2. The van der Waals surface area contributed by atoms with Gasteiger partial charge >= 0.3 is 11.9 Å². The SMILES string of the molecule is CCOC(=O)C(F)(F)C(c1ccccc1)[C@@H](CO)c1ccccc1. The highest BCUT2D eigenvalue weighted by Gasteiger charge is 2.52. The normalized spacial score (nSPS) is 14.0. The van der Waals surface area contributed by atoms with E-state index in [0.717, 1.165) is 0 Å². The number of carbonyl (C=O) groups is 1. The molecule has 2 aromatic rings. The molecular formula is C19H20F2O3. The molecule has 0 heterocycles. The number of alkyl halides is 2. The van der Waals surface area contributed by atoms with Gasteiger partial charge in [0.05, 0.1) is 19.1 Å². The van der Waals surface area contributed by atoms with Gasteiger partial charge in [-0.2, -0.15) is 8.78 Å². The maximum Gasteiger partial charge on any atom is 0.377 e. The van der Waals surface area contributed by atoms with Crippen molar-refractivity contribution in [2.24, 2.45) is 0 Å². The van der Waals surface area contributed by atoms with Crippen molar-refractivity contribution in [2.45, 2.75) is 24.7 Å². The summed E-state index contributed by atoms with van der Waals surface area (Å²) in [7, 11) is 0. The van der Waals surface area contributed by atoms with Crippen LogP contribution in [0.4, 0.5) is 8.78 Å². The molecule has 0 spiro atoms. The average Bonchev–Trinajstić information content (AvgIpc) is 2.61. The molecule has 0 aliphatic carbocycles. The molecule has 1 unspecified atom stereocenters. The molecule has 0 saturated heterocycles. The molecule has 0 fully saturated rings. The summed E-state index contributed by atoms with van der Waals surface area (Å²) in [4.78, 5) is 11.9. The molecule has 24 heavy (non-hydrogen) atoms. The van der Waals surface area contributed by atoms with Crippen LogP contribution in [-0.4, -0.2) is 30.2 Å². The number of hydrogen-bond donors (Lipinski definition) is 1. The van der Waals surface area contributed by atoms with E-state index in [1.165, 1.54) is 19.1 Å². The molecule has 0 radical (unpaired) electrons. The molecule has 0 saturated carbocycles. The van der Waals surface area contributed by atoms with Crippen molar-refractivity contribution in [3.8, 4) is 0 Å². The molecule has 128 valence electrons. The van der Waals surface area contributed by atoms with Gasteiger partial charge in [0, 0.05) is 5.92 Å². The van der Waals surface area contributed by atoms with Crippen LogP contribution in [0.1, 0.15) is 29.9 Å². The van der Waals surface area contributed by atoms with E-state index in [0.29, 0.717) is 5.56 Å². The monoisotopic (exact) mass is 334 g/mol. The summed E-state index contributed by atoms with van der Waals surface area (Å²) in [5.41, 5.74) is 0.816. The van der Waals surface area contributed by atoms with Gasteiger partial charge in [0.2, 0.25) is 0 Å². The molecule has 0 aromatic heterocycles. The quantitative estimate of drug-likeness (QED) is 0.785. The van der Waals surface area contributed by atoms with Crippen LogP contribution in [0.5, 0.6) is 0 Å². The Morgan fingerprint density at radius 2 is 1.54 bits per heavy atom. The molecule has 0 aliphatic heterocycles. The summed E-state index contributed by atoms with van der Waals surface area (Å²) in [5.74, 6) is -7.80. The van der Waals surface area contributed by atoms with E-state index in [1.807, 2.05) is 0 Å². The van der Waals surface area contributed by atoms with Crippen LogP contribution in [0.2, 0.25) is 0 Å². The van der Waals surface area contributed by atoms with Crippen LogP contribution in [-0.2, 0) is 9.53 Å². The van der Waals surface area contributed by atoms with Gasteiger partial charge in [0.15, 0.2) is 0 Å². The smallest absolute Gasteiger partial charge is 0.377 e. The molecule has 2 rings (SSSR count). The number of hydrogen-bond acceptors (Lipinski definition) is 3. The zero-order valence-corrected chi connectivity index (χ0v) is 13.4. The van der Waals surface area contributed by atoms with Crippen molar-refractivity contribution in [3.63, 3.8) is 0 Å².